The Labute approximate surface area is 429 Å². The van der Waals surface area contributed by atoms with Gasteiger partial charge in [-0.15, -0.1) is 0 Å². The number of ether oxygens (including phenoxy) is 6. The Balaban J connectivity index is 1.00. The van der Waals surface area contributed by atoms with Gasteiger partial charge in [-0.3, -0.25) is 34.2 Å². The maximum Gasteiger partial charge on any atom is 0.261 e. The summed E-state index contributed by atoms with van der Waals surface area (Å²) in [6.45, 7) is 8.75. The second-order valence-electron chi connectivity index (χ2n) is 18.7. The van der Waals surface area contributed by atoms with Gasteiger partial charge in [0.2, 0.25) is 5.91 Å². The lowest BCUT2D eigenvalue weighted by Crippen LogP contribution is -2.37. The Kier molecular flexibility index (Phi) is 16.0. The molecule has 14 nitrogen and oxygen atoms in total. The molecule has 4 aliphatic heterocycles. The fraction of sp³-hybridized carbons (Fsp3) is 0.375. The van der Waals surface area contributed by atoms with Gasteiger partial charge in [0, 0.05) is 79.3 Å². The molecule has 2 atom stereocenters. The number of aliphatic imine (C=N–C) groups is 2. The molecule has 9 rings (SSSR count). The van der Waals surface area contributed by atoms with E-state index in [2.05, 4.69) is 19.9 Å². The van der Waals surface area contributed by atoms with Crippen molar-refractivity contribution >= 4 is 80.2 Å². The number of benzene rings is 5. The van der Waals surface area contributed by atoms with Crippen molar-refractivity contribution < 1.29 is 42.8 Å². The molecule has 0 unspecified atom stereocenters. The molecule has 0 aromatic heterocycles. The summed E-state index contributed by atoms with van der Waals surface area (Å²) in [5.41, 5.74) is 8.98. The van der Waals surface area contributed by atoms with Gasteiger partial charge < -0.3 is 33.3 Å². The standard InChI is InChI=1S/C56H61N5O9S2/c1-36-23-44-46(57-32-42-27-39-11-7-9-13-48(39)60(42)54(44)63)30-50(36)69-34-37-24-38(26-41(25-37)59(17-18-67-21-22-68-20-19-65-4)53(62)15-16-56(2,3)72-71-6)35-70-52-31-47-45(29-51(52)66-5)55(64)61-43(33-58-47)28-40-12-8-10-14-49(40)61/h7-14,23-26,29-33,42-43H,15-22,27-28,34-35H2,1-6H3/t42-,43-/m0/s1. The lowest BCUT2D eigenvalue weighted by atomic mass is 10.0. The van der Waals surface area contributed by atoms with Crippen LogP contribution in [0.15, 0.2) is 101 Å². The SMILES string of the molecule is COCCOCCOCCN(C(=O)CCC(C)(C)SSC)c1cc(COc2cc3c(cc2C)C(=O)N2c4ccccc4C[C@H]2C=N3)cc(COc2cc3c(cc2OC)C(=O)N2c4ccccc4C[C@H]2C=N3)c1. The molecule has 5 aromatic carbocycles. The summed E-state index contributed by atoms with van der Waals surface area (Å²) in [5.74, 6) is 1.09. The van der Waals surface area contributed by atoms with Crippen molar-refractivity contribution in [1.82, 2.24) is 0 Å². The third-order valence-electron chi connectivity index (χ3n) is 13.2. The highest BCUT2D eigenvalue weighted by atomic mass is 33.1. The van der Waals surface area contributed by atoms with E-state index in [4.69, 9.17) is 38.4 Å². The lowest BCUT2D eigenvalue weighted by molar-refractivity contribution is -0.119. The molecule has 0 fully saturated rings. The predicted molar refractivity (Wildman–Crippen MR) is 287 cm³/mol. The van der Waals surface area contributed by atoms with Crippen molar-refractivity contribution in [3.63, 3.8) is 0 Å². The monoisotopic (exact) mass is 1010 g/mol. The van der Waals surface area contributed by atoms with Crippen LogP contribution in [-0.4, -0.2) is 107 Å². The van der Waals surface area contributed by atoms with E-state index < -0.39 is 0 Å². The maximum absolute atomic E-state index is 14.5. The molecule has 4 aliphatic rings. The average Bonchev–Trinajstić information content (AvgIpc) is 3.87. The number of para-hydroxylation sites is 2. The predicted octanol–water partition coefficient (Wildman–Crippen LogP) is 10.3. The Morgan fingerprint density at radius 2 is 1.26 bits per heavy atom. The molecule has 0 N–H and O–H groups in total. The smallest absolute Gasteiger partial charge is 0.261 e. The molecule has 0 bridgehead atoms. The highest BCUT2D eigenvalue weighted by Crippen LogP contribution is 2.43. The normalized spacial score (nSPS) is 16.3. The van der Waals surface area contributed by atoms with Crippen LogP contribution in [0.3, 0.4) is 0 Å². The largest absolute Gasteiger partial charge is 0.493 e. The number of nitrogens with zero attached hydrogens (tertiary/aromatic N) is 5. The number of aryl methyl sites for hydroxylation is 1. The molecule has 72 heavy (non-hydrogen) atoms. The van der Waals surface area contributed by atoms with Crippen LogP contribution in [0.5, 0.6) is 17.2 Å². The summed E-state index contributed by atoms with van der Waals surface area (Å²) in [6, 6.07) is 28.6. The van der Waals surface area contributed by atoms with Gasteiger partial charge >= 0.3 is 0 Å². The summed E-state index contributed by atoms with van der Waals surface area (Å²) in [4.78, 5) is 57.8. The van der Waals surface area contributed by atoms with Crippen molar-refractivity contribution in [2.75, 3.05) is 74.8 Å². The fourth-order valence-electron chi connectivity index (χ4n) is 9.60. The first-order chi connectivity index (χ1) is 34.9. The molecule has 376 valence electrons. The topological polar surface area (TPSA) is 141 Å². The van der Waals surface area contributed by atoms with Crippen molar-refractivity contribution in [1.29, 1.82) is 0 Å². The molecule has 0 aliphatic carbocycles. The van der Waals surface area contributed by atoms with Gasteiger partial charge in [0.05, 0.1) is 74.7 Å². The number of rotatable bonds is 22. The maximum atomic E-state index is 14.5. The summed E-state index contributed by atoms with van der Waals surface area (Å²) in [5, 5.41) is 0. The first-order valence-electron chi connectivity index (χ1n) is 24.3. The molecule has 4 heterocycles. The second-order valence-corrected chi connectivity index (χ2v) is 21.8. The second kappa shape index (κ2) is 22.7. The van der Waals surface area contributed by atoms with Gasteiger partial charge in [-0.25, -0.2) is 0 Å². The number of carbonyl (C=O) groups excluding carboxylic acids is 3. The summed E-state index contributed by atoms with van der Waals surface area (Å²) < 4.78 is 35.6. The highest BCUT2D eigenvalue weighted by molar-refractivity contribution is 8.76. The van der Waals surface area contributed by atoms with E-state index in [0.29, 0.717) is 104 Å². The van der Waals surface area contributed by atoms with Crippen LogP contribution in [0.2, 0.25) is 0 Å². The first-order valence-corrected chi connectivity index (χ1v) is 26.8. The lowest BCUT2D eigenvalue weighted by Gasteiger charge is -2.27. The summed E-state index contributed by atoms with van der Waals surface area (Å²) in [6.07, 6.45) is 8.11. The molecule has 0 saturated heterocycles. The van der Waals surface area contributed by atoms with Gasteiger partial charge in [-0.05, 0) is 104 Å². The van der Waals surface area contributed by atoms with Gasteiger partial charge in [-0.1, -0.05) is 58.0 Å². The minimum atomic E-state index is -0.206. The molecule has 16 heteroatoms. The van der Waals surface area contributed by atoms with Crippen LogP contribution in [0, 0.1) is 6.92 Å². The first kappa shape index (κ1) is 50.8. The summed E-state index contributed by atoms with van der Waals surface area (Å²) in [7, 11) is 6.62. The summed E-state index contributed by atoms with van der Waals surface area (Å²) >= 11 is 0. The van der Waals surface area contributed by atoms with Crippen LogP contribution in [-0.2, 0) is 45.1 Å². The van der Waals surface area contributed by atoms with E-state index in [1.54, 1.807) is 57.7 Å². The van der Waals surface area contributed by atoms with E-state index in [1.165, 1.54) is 0 Å². The van der Waals surface area contributed by atoms with E-state index in [-0.39, 0.29) is 54.4 Å². The number of amides is 3. The van der Waals surface area contributed by atoms with Crippen LogP contribution < -0.4 is 28.9 Å². The minimum Gasteiger partial charge on any atom is -0.493 e. The van der Waals surface area contributed by atoms with E-state index in [0.717, 1.165) is 39.2 Å². The minimum absolute atomic E-state index is 0.0417. The molecule has 0 radical (unpaired) electrons. The Morgan fingerprint density at radius 3 is 1.86 bits per heavy atom. The molecule has 0 saturated carbocycles. The van der Waals surface area contributed by atoms with Gasteiger partial charge in [0.15, 0.2) is 11.5 Å². The number of hydrogen-bond acceptors (Lipinski definition) is 13. The van der Waals surface area contributed by atoms with Gasteiger partial charge in [0.1, 0.15) is 19.0 Å². The highest BCUT2D eigenvalue weighted by Gasteiger charge is 2.38. The molecule has 0 spiro atoms. The molecule has 5 aromatic rings. The number of fused-ring (bicyclic) bond motifs is 8. The zero-order chi connectivity index (χ0) is 50.4. The van der Waals surface area contributed by atoms with E-state index in [9.17, 15) is 14.4 Å². The zero-order valence-electron chi connectivity index (χ0n) is 41.7. The Bertz CT molecular complexity index is 2890. The van der Waals surface area contributed by atoms with Crippen LogP contribution in [0.1, 0.15) is 75.2 Å². The van der Waals surface area contributed by atoms with Gasteiger partial charge in [-0.2, -0.15) is 0 Å². The fourth-order valence-corrected chi connectivity index (χ4v) is 11.8. The van der Waals surface area contributed by atoms with E-state index in [1.807, 2.05) is 103 Å². The van der Waals surface area contributed by atoms with E-state index >= 15 is 0 Å². The number of hydrogen-bond donors (Lipinski definition) is 0. The van der Waals surface area contributed by atoms with Crippen LogP contribution in [0.4, 0.5) is 28.4 Å². The Morgan fingerprint density at radius 1 is 0.708 bits per heavy atom. The van der Waals surface area contributed by atoms with Crippen molar-refractivity contribution in [2.45, 2.75) is 76.5 Å². The molecule has 3 amide bonds. The van der Waals surface area contributed by atoms with Crippen molar-refractivity contribution in [3.05, 3.63) is 130 Å². The number of methoxy groups -OCH3 is 2. The average molecular weight is 1010 g/mol. The Hall–Kier alpha value is -6.17. The zero-order valence-corrected chi connectivity index (χ0v) is 43.3. The van der Waals surface area contributed by atoms with Gasteiger partial charge in [0.25, 0.3) is 11.8 Å². The number of carbonyl (C=O) groups is 3. The number of anilines is 3. The quantitative estimate of drug-likeness (QED) is 0.0483. The molecular formula is C56H61N5O9S2. The van der Waals surface area contributed by atoms with Crippen molar-refractivity contribution in [2.24, 2.45) is 9.98 Å². The van der Waals surface area contributed by atoms with Crippen LogP contribution >= 0.6 is 21.6 Å². The van der Waals surface area contributed by atoms with Crippen LogP contribution in [0.25, 0.3) is 0 Å². The third-order valence-corrected chi connectivity index (χ3v) is 15.9. The third kappa shape index (κ3) is 11.2. The van der Waals surface area contributed by atoms with Crippen molar-refractivity contribution in [3.8, 4) is 17.2 Å². The molecular weight excluding hydrogens is 951 g/mol.